The van der Waals surface area contributed by atoms with Gasteiger partial charge in [-0.3, -0.25) is 4.79 Å². The molecular formula is C26H26N6O4S. The molecule has 0 saturated carbocycles. The number of H-pyrrole nitrogens is 1. The van der Waals surface area contributed by atoms with Crippen molar-refractivity contribution in [1.82, 2.24) is 15.0 Å². The maximum absolute atomic E-state index is 13.2. The van der Waals surface area contributed by atoms with E-state index in [0.717, 1.165) is 16.5 Å². The number of hydrogen-bond acceptors (Lipinski definition) is 8. The van der Waals surface area contributed by atoms with Crippen LogP contribution in [0.15, 0.2) is 60.8 Å². The molecule has 0 aliphatic carbocycles. The molecule has 2 aromatic heterocycles. The lowest BCUT2D eigenvalue weighted by Gasteiger charge is -2.28. The van der Waals surface area contributed by atoms with Gasteiger partial charge in [0.15, 0.2) is 15.7 Å². The summed E-state index contributed by atoms with van der Waals surface area (Å²) in [5.41, 5.74) is 7.60. The Hall–Kier alpha value is -4.09. The van der Waals surface area contributed by atoms with Gasteiger partial charge in [-0.1, -0.05) is 18.2 Å². The van der Waals surface area contributed by atoms with Gasteiger partial charge in [0.25, 0.3) is 0 Å². The number of primary amides is 1. The highest BCUT2D eigenvalue weighted by molar-refractivity contribution is 7.91. The van der Waals surface area contributed by atoms with Crippen LogP contribution in [0.1, 0.15) is 21.6 Å². The van der Waals surface area contributed by atoms with Crippen molar-refractivity contribution in [3.05, 3.63) is 77.6 Å². The number of morpholine rings is 1. The van der Waals surface area contributed by atoms with E-state index in [4.69, 9.17) is 20.9 Å². The average Bonchev–Trinajstić information content (AvgIpc) is 3.36. The van der Waals surface area contributed by atoms with E-state index in [1.807, 2.05) is 35.4 Å². The Morgan fingerprint density at radius 2 is 1.81 bits per heavy atom. The van der Waals surface area contributed by atoms with Crippen LogP contribution in [0.25, 0.3) is 22.3 Å². The van der Waals surface area contributed by atoms with Crippen molar-refractivity contribution in [1.29, 1.82) is 5.41 Å². The molecule has 0 spiro atoms. The summed E-state index contributed by atoms with van der Waals surface area (Å²) in [7, 11) is -3.81. The normalized spacial score (nSPS) is 14.1. The Morgan fingerprint density at radius 3 is 2.57 bits per heavy atom. The summed E-state index contributed by atoms with van der Waals surface area (Å²) < 4.78 is 31.8. The molecule has 190 valence electrons. The number of rotatable bonds is 8. The van der Waals surface area contributed by atoms with Gasteiger partial charge in [-0.25, -0.2) is 18.4 Å². The Bertz CT molecular complexity index is 1590. The quantitative estimate of drug-likeness (QED) is 0.303. The van der Waals surface area contributed by atoms with E-state index in [0.29, 0.717) is 43.6 Å². The van der Waals surface area contributed by atoms with Gasteiger partial charge in [-0.15, -0.1) is 0 Å². The number of anilines is 1. The molecule has 1 aliphatic rings. The van der Waals surface area contributed by atoms with Gasteiger partial charge in [-0.2, -0.15) is 0 Å². The second-order valence-corrected chi connectivity index (χ2v) is 10.9. The smallest absolute Gasteiger partial charge is 0.249 e. The first-order valence-electron chi connectivity index (χ1n) is 11.7. The highest BCUT2D eigenvalue weighted by Crippen LogP contribution is 2.25. The maximum Gasteiger partial charge on any atom is 0.249 e. The van der Waals surface area contributed by atoms with Crippen LogP contribution < -0.4 is 10.6 Å². The predicted molar refractivity (Wildman–Crippen MR) is 142 cm³/mol. The first-order chi connectivity index (χ1) is 17.8. The van der Waals surface area contributed by atoms with Crippen molar-refractivity contribution in [3.63, 3.8) is 0 Å². The lowest BCUT2D eigenvalue weighted by molar-refractivity contribution is 0.1000. The summed E-state index contributed by atoms with van der Waals surface area (Å²) in [6.45, 7) is 2.37. The monoisotopic (exact) mass is 518 g/mol. The lowest BCUT2D eigenvalue weighted by atomic mass is 10.0. The minimum atomic E-state index is -3.81. The van der Waals surface area contributed by atoms with Crippen LogP contribution in [-0.4, -0.2) is 67.0 Å². The number of nitrogens with zero attached hydrogens (tertiary/aromatic N) is 3. The Labute approximate surface area is 213 Å². The lowest BCUT2D eigenvalue weighted by Crippen LogP contribution is -2.37. The molecule has 1 saturated heterocycles. The molecular weight excluding hydrogens is 492 g/mol. The molecule has 37 heavy (non-hydrogen) atoms. The zero-order valence-electron chi connectivity index (χ0n) is 20.0. The number of sulfone groups is 1. The van der Waals surface area contributed by atoms with Crippen molar-refractivity contribution in [2.45, 2.75) is 5.75 Å². The highest BCUT2D eigenvalue weighted by atomic mass is 32.2. The number of hydrogen-bond donors (Lipinski definition) is 3. The minimum absolute atomic E-state index is 0.113. The fraction of sp³-hybridized carbons (Fsp3) is 0.231. The summed E-state index contributed by atoms with van der Waals surface area (Å²) >= 11 is 0. The second kappa shape index (κ2) is 10.1. The second-order valence-electron chi connectivity index (χ2n) is 8.84. The fourth-order valence-corrected chi connectivity index (χ4v) is 5.66. The van der Waals surface area contributed by atoms with Crippen molar-refractivity contribution in [3.8, 4) is 11.4 Å². The topological polar surface area (TPSA) is 155 Å². The molecule has 11 heteroatoms. The zero-order chi connectivity index (χ0) is 26.0. The number of nitrogens with one attached hydrogen (secondary N) is 2. The standard InChI is InChI=1S/C26H26N6O4S/c27-22(20-3-1-2-4-21(20)25(28)33)16-37(34,35)15-19-14-24(32-9-11-36-12-10-32)31-26(30-19)18-5-6-23-17(13-18)7-8-29-23/h1-8,13-14,27,29H,9-12,15-16H2,(H2,28,33). The predicted octanol–water partition coefficient (Wildman–Crippen LogP) is 2.54. The van der Waals surface area contributed by atoms with E-state index in [1.54, 1.807) is 18.2 Å². The highest BCUT2D eigenvalue weighted by Gasteiger charge is 2.22. The van der Waals surface area contributed by atoms with Gasteiger partial charge < -0.3 is 25.8 Å². The number of nitrogens with two attached hydrogens (primary N) is 1. The molecule has 4 aromatic rings. The summed E-state index contributed by atoms with van der Waals surface area (Å²) in [6.07, 6.45) is 1.85. The van der Waals surface area contributed by atoms with E-state index in [-0.39, 0.29) is 22.6 Å². The molecule has 5 rings (SSSR count). The van der Waals surface area contributed by atoms with Crippen LogP contribution >= 0.6 is 0 Å². The van der Waals surface area contributed by atoms with E-state index in [2.05, 4.69) is 9.97 Å². The van der Waals surface area contributed by atoms with Crippen molar-refractivity contribution >= 4 is 38.2 Å². The van der Waals surface area contributed by atoms with Crippen LogP contribution in [-0.2, 0) is 20.3 Å². The average molecular weight is 519 g/mol. The van der Waals surface area contributed by atoms with Crippen LogP contribution in [0.4, 0.5) is 5.82 Å². The third-order valence-electron chi connectivity index (χ3n) is 6.16. The van der Waals surface area contributed by atoms with Gasteiger partial charge in [0.1, 0.15) is 5.82 Å². The minimum Gasteiger partial charge on any atom is -0.378 e. The van der Waals surface area contributed by atoms with Gasteiger partial charge in [0.2, 0.25) is 5.91 Å². The third kappa shape index (κ3) is 5.52. The molecule has 4 N–H and O–H groups in total. The SMILES string of the molecule is N=C(CS(=O)(=O)Cc1cc(N2CCOCC2)nc(-c2ccc3[nH]ccc3c2)n1)c1ccccc1C(N)=O. The van der Waals surface area contributed by atoms with Crippen molar-refractivity contribution < 1.29 is 17.9 Å². The van der Waals surface area contributed by atoms with Crippen LogP contribution in [0.2, 0.25) is 0 Å². The number of carbonyl (C=O) groups excluding carboxylic acids is 1. The molecule has 0 radical (unpaired) electrons. The molecule has 1 fully saturated rings. The van der Waals surface area contributed by atoms with Gasteiger partial charge in [0, 0.05) is 52.9 Å². The van der Waals surface area contributed by atoms with E-state index < -0.39 is 21.5 Å². The van der Waals surface area contributed by atoms with Crippen molar-refractivity contribution in [2.24, 2.45) is 5.73 Å². The fourth-order valence-electron chi connectivity index (χ4n) is 4.37. The molecule has 1 aliphatic heterocycles. The third-order valence-corrected chi connectivity index (χ3v) is 7.63. The molecule has 0 bridgehead atoms. The van der Waals surface area contributed by atoms with Crippen LogP contribution in [0, 0.1) is 5.41 Å². The van der Waals surface area contributed by atoms with E-state index >= 15 is 0 Å². The van der Waals surface area contributed by atoms with Gasteiger partial charge in [0.05, 0.1) is 36.1 Å². The van der Waals surface area contributed by atoms with E-state index in [9.17, 15) is 13.2 Å². The first kappa shape index (κ1) is 24.6. The van der Waals surface area contributed by atoms with E-state index in [1.165, 1.54) is 12.1 Å². The van der Waals surface area contributed by atoms with Gasteiger partial charge >= 0.3 is 0 Å². The van der Waals surface area contributed by atoms with Gasteiger partial charge in [-0.05, 0) is 30.3 Å². The number of aromatic amines is 1. The molecule has 1 amide bonds. The number of aromatic nitrogens is 3. The Kier molecular flexibility index (Phi) is 6.72. The summed E-state index contributed by atoms with van der Waals surface area (Å²) in [5, 5.41) is 9.38. The molecule has 0 atom stereocenters. The summed E-state index contributed by atoms with van der Waals surface area (Å²) in [4.78, 5) is 26.3. The van der Waals surface area contributed by atoms with Crippen molar-refractivity contribution in [2.75, 3.05) is 37.0 Å². The first-order valence-corrected chi connectivity index (χ1v) is 13.6. The molecule has 10 nitrogen and oxygen atoms in total. The number of ether oxygens (including phenoxy) is 1. The molecule has 2 aromatic carbocycles. The van der Waals surface area contributed by atoms with Crippen LogP contribution in [0.5, 0.6) is 0 Å². The Balaban J connectivity index is 1.47. The number of fused-ring (bicyclic) bond motifs is 1. The largest absolute Gasteiger partial charge is 0.378 e. The number of benzene rings is 2. The Morgan fingerprint density at radius 1 is 1.05 bits per heavy atom. The summed E-state index contributed by atoms with van der Waals surface area (Å²) in [6, 6.07) is 15.7. The molecule has 0 unspecified atom stereocenters. The maximum atomic E-state index is 13.2. The summed E-state index contributed by atoms with van der Waals surface area (Å²) in [5.74, 6) is -0.604. The number of amides is 1. The zero-order valence-corrected chi connectivity index (χ0v) is 20.8. The molecule has 3 heterocycles. The number of carbonyl (C=O) groups is 1. The van der Waals surface area contributed by atoms with Crippen LogP contribution in [0.3, 0.4) is 0 Å².